The van der Waals surface area contributed by atoms with Crippen LogP contribution < -0.4 is 15.0 Å². The highest BCUT2D eigenvalue weighted by Crippen LogP contribution is 2.37. The number of amides is 1. The van der Waals surface area contributed by atoms with E-state index >= 15 is 0 Å². The Labute approximate surface area is 200 Å². The average Bonchev–Trinajstić information content (AvgIpc) is 3.48. The number of fused-ring (bicyclic) bond motifs is 2. The molecule has 10 heteroatoms. The lowest BCUT2D eigenvalue weighted by Crippen LogP contribution is -2.58. The van der Waals surface area contributed by atoms with E-state index in [4.69, 9.17) is 19.4 Å². The number of nitrogens with zero attached hydrogens (tertiary/aromatic N) is 5. The number of aryl methyl sites for hydroxylation is 1. The van der Waals surface area contributed by atoms with Gasteiger partial charge in [-0.2, -0.15) is 15.1 Å². The van der Waals surface area contributed by atoms with Gasteiger partial charge in [0.2, 0.25) is 17.7 Å². The number of hydrogen-bond donors (Lipinski definition) is 2. The second kappa shape index (κ2) is 9.77. The van der Waals surface area contributed by atoms with E-state index in [0.29, 0.717) is 55.2 Å². The monoisotopic (exact) mass is 469 g/mol. The van der Waals surface area contributed by atoms with Gasteiger partial charge >= 0.3 is 0 Å². The molecule has 5 rings (SSSR count). The maximum atomic E-state index is 12.6. The normalized spacial score (nSPS) is 26.4. The minimum atomic E-state index is -0.00353. The second-order valence-corrected chi connectivity index (χ2v) is 9.69. The van der Waals surface area contributed by atoms with Gasteiger partial charge in [-0.15, -0.1) is 0 Å². The van der Waals surface area contributed by atoms with Crippen LogP contribution in [-0.2, 0) is 9.53 Å². The van der Waals surface area contributed by atoms with E-state index in [1.807, 2.05) is 26.0 Å². The van der Waals surface area contributed by atoms with Crippen molar-refractivity contribution in [2.24, 2.45) is 0 Å². The number of carbonyl (C=O) groups is 1. The SMILES string of the molecule is CCC(=O)N1[C@@H]2CCC[C@H]1C[C@H](N(C)c1nc(Nc3cc(C)[nH]n3)cc(O[C@H]3CCOC3)n1)C2. The minimum absolute atomic E-state index is 0.00353. The van der Waals surface area contributed by atoms with Crippen molar-refractivity contribution < 1.29 is 14.3 Å². The van der Waals surface area contributed by atoms with E-state index in [9.17, 15) is 4.79 Å². The minimum Gasteiger partial charge on any atom is -0.472 e. The largest absolute Gasteiger partial charge is 0.472 e. The van der Waals surface area contributed by atoms with E-state index in [1.165, 1.54) is 6.42 Å². The van der Waals surface area contributed by atoms with E-state index in [0.717, 1.165) is 37.8 Å². The highest BCUT2D eigenvalue weighted by molar-refractivity contribution is 5.77. The first-order chi connectivity index (χ1) is 16.5. The first-order valence-electron chi connectivity index (χ1n) is 12.5. The van der Waals surface area contributed by atoms with Gasteiger partial charge in [-0.25, -0.2) is 0 Å². The topological polar surface area (TPSA) is 109 Å². The Balaban J connectivity index is 1.38. The van der Waals surface area contributed by atoms with Crippen LogP contribution in [-0.4, -0.2) is 75.5 Å². The van der Waals surface area contributed by atoms with Crippen LogP contribution in [0.15, 0.2) is 12.1 Å². The van der Waals surface area contributed by atoms with Gasteiger partial charge in [0.1, 0.15) is 11.9 Å². The summed E-state index contributed by atoms with van der Waals surface area (Å²) in [6.07, 6.45) is 6.63. The highest BCUT2D eigenvalue weighted by atomic mass is 16.5. The molecule has 0 aromatic carbocycles. The number of aromatic nitrogens is 4. The second-order valence-electron chi connectivity index (χ2n) is 9.69. The number of anilines is 3. The third kappa shape index (κ3) is 4.82. The van der Waals surface area contributed by atoms with E-state index in [2.05, 4.69) is 32.4 Å². The van der Waals surface area contributed by atoms with Crippen LogP contribution in [0.25, 0.3) is 0 Å². The number of hydrogen-bond acceptors (Lipinski definition) is 8. The number of ether oxygens (including phenoxy) is 2. The van der Waals surface area contributed by atoms with Crippen molar-refractivity contribution in [3.05, 3.63) is 17.8 Å². The number of rotatable bonds is 7. The molecule has 3 saturated heterocycles. The van der Waals surface area contributed by atoms with Gasteiger partial charge < -0.3 is 24.6 Å². The fourth-order valence-corrected chi connectivity index (χ4v) is 5.51. The molecule has 0 radical (unpaired) electrons. The lowest BCUT2D eigenvalue weighted by Gasteiger charge is -2.50. The Morgan fingerprint density at radius 1 is 1.24 bits per heavy atom. The number of nitrogens with one attached hydrogen (secondary N) is 2. The van der Waals surface area contributed by atoms with Gasteiger partial charge in [0.15, 0.2) is 5.82 Å². The fourth-order valence-electron chi connectivity index (χ4n) is 5.51. The lowest BCUT2D eigenvalue weighted by molar-refractivity contribution is -0.140. The highest BCUT2D eigenvalue weighted by Gasteiger charge is 2.41. The van der Waals surface area contributed by atoms with Crippen molar-refractivity contribution in [2.45, 2.75) is 83.0 Å². The zero-order valence-electron chi connectivity index (χ0n) is 20.3. The van der Waals surface area contributed by atoms with Crippen molar-refractivity contribution >= 4 is 23.5 Å². The number of aromatic amines is 1. The Bertz CT molecular complexity index is 992. The smallest absolute Gasteiger partial charge is 0.230 e. The summed E-state index contributed by atoms with van der Waals surface area (Å²) >= 11 is 0. The third-order valence-corrected chi connectivity index (χ3v) is 7.23. The summed E-state index contributed by atoms with van der Waals surface area (Å²) in [5, 5.41) is 10.5. The molecule has 5 heterocycles. The fraction of sp³-hybridized carbons (Fsp3) is 0.667. The summed E-state index contributed by atoms with van der Waals surface area (Å²) < 4.78 is 11.6. The Hall–Kier alpha value is -2.88. The van der Waals surface area contributed by atoms with Crippen molar-refractivity contribution in [1.29, 1.82) is 0 Å². The summed E-state index contributed by atoms with van der Waals surface area (Å²) in [6.45, 7) is 5.20. The molecule has 2 aromatic rings. The summed E-state index contributed by atoms with van der Waals surface area (Å²) in [6, 6.07) is 4.61. The van der Waals surface area contributed by atoms with Crippen LogP contribution in [0.1, 0.15) is 57.6 Å². The van der Waals surface area contributed by atoms with Crippen LogP contribution in [0.5, 0.6) is 5.88 Å². The first kappa shape index (κ1) is 22.9. The van der Waals surface area contributed by atoms with Gasteiger partial charge in [-0.05, 0) is 39.0 Å². The average molecular weight is 470 g/mol. The van der Waals surface area contributed by atoms with Crippen LogP contribution >= 0.6 is 0 Å². The summed E-state index contributed by atoms with van der Waals surface area (Å²) in [5.41, 5.74) is 0.966. The molecule has 2 aromatic heterocycles. The van der Waals surface area contributed by atoms with Gasteiger partial charge in [-0.3, -0.25) is 9.89 Å². The molecule has 4 atom stereocenters. The van der Waals surface area contributed by atoms with Crippen LogP contribution in [0.2, 0.25) is 0 Å². The van der Waals surface area contributed by atoms with Crippen molar-refractivity contribution in [3.63, 3.8) is 0 Å². The number of H-pyrrole nitrogens is 1. The molecule has 0 saturated carbocycles. The Morgan fingerprint density at radius 2 is 2.03 bits per heavy atom. The standard InChI is InChI=1S/C24H35N7O3/c1-4-23(32)31-16-6-5-7-17(31)12-18(11-16)30(3)24-26-20(25-21-10-15(2)28-29-21)13-22(27-24)34-19-8-9-33-14-19/h10,13,16-19H,4-9,11-12,14H2,1-3H3,(H2,25,26,27,28,29)/t16-,17+,18-,19-/m0/s1. The van der Waals surface area contributed by atoms with Crippen LogP contribution in [0, 0.1) is 6.92 Å². The van der Waals surface area contributed by atoms with Gasteiger partial charge in [0, 0.05) is 55.8 Å². The molecule has 1 amide bonds. The predicted molar refractivity (Wildman–Crippen MR) is 128 cm³/mol. The van der Waals surface area contributed by atoms with Gasteiger partial charge in [-0.1, -0.05) is 6.92 Å². The van der Waals surface area contributed by atoms with Crippen molar-refractivity contribution in [1.82, 2.24) is 25.1 Å². The quantitative estimate of drug-likeness (QED) is 0.637. The third-order valence-electron chi connectivity index (χ3n) is 7.23. The summed E-state index contributed by atoms with van der Waals surface area (Å²) in [4.78, 5) is 26.5. The maximum absolute atomic E-state index is 12.6. The Kier molecular flexibility index (Phi) is 6.58. The van der Waals surface area contributed by atoms with E-state index in [-0.39, 0.29) is 18.1 Å². The molecular weight excluding hydrogens is 434 g/mol. The van der Waals surface area contributed by atoms with E-state index in [1.54, 1.807) is 0 Å². The number of piperidine rings is 2. The maximum Gasteiger partial charge on any atom is 0.230 e. The van der Waals surface area contributed by atoms with Gasteiger partial charge in [0.05, 0.1) is 13.2 Å². The molecular formula is C24H35N7O3. The molecule has 0 unspecified atom stereocenters. The molecule has 3 aliphatic heterocycles. The predicted octanol–water partition coefficient (Wildman–Crippen LogP) is 3.18. The van der Waals surface area contributed by atoms with Gasteiger partial charge in [0.25, 0.3) is 0 Å². The van der Waals surface area contributed by atoms with Crippen molar-refractivity contribution in [3.8, 4) is 5.88 Å². The molecule has 2 N–H and O–H groups in total. The molecule has 184 valence electrons. The molecule has 10 nitrogen and oxygen atoms in total. The first-order valence-corrected chi connectivity index (χ1v) is 12.5. The van der Waals surface area contributed by atoms with E-state index < -0.39 is 0 Å². The molecule has 34 heavy (non-hydrogen) atoms. The summed E-state index contributed by atoms with van der Waals surface area (Å²) in [5.74, 6) is 2.75. The Morgan fingerprint density at radius 3 is 2.68 bits per heavy atom. The molecule has 2 bridgehead atoms. The van der Waals surface area contributed by atoms with Crippen molar-refractivity contribution in [2.75, 3.05) is 30.5 Å². The molecule has 0 aliphatic carbocycles. The summed E-state index contributed by atoms with van der Waals surface area (Å²) in [7, 11) is 2.05. The van der Waals surface area contributed by atoms with Crippen LogP contribution in [0.4, 0.5) is 17.6 Å². The zero-order chi connectivity index (χ0) is 23.7. The zero-order valence-corrected chi connectivity index (χ0v) is 20.3. The molecule has 0 spiro atoms. The van der Waals surface area contributed by atoms with Crippen LogP contribution in [0.3, 0.4) is 0 Å². The molecule has 3 fully saturated rings. The molecule has 3 aliphatic rings. The lowest BCUT2D eigenvalue weighted by atomic mass is 9.81. The number of carbonyl (C=O) groups excluding carboxylic acids is 1.